The lowest BCUT2D eigenvalue weighted by molar-refractivity contribution is 0.0950. The summed E-state index contributed by atoms with van der Waals surface area (Å²) in [6.07, 6.45) is 5.29. The Hall–Kier alpha value is -3.07. The van der Waals surface area contributed by atoms with Gasteiger partial charge in [-0.3, -0.25) is 9.78 Å². The van der Waals surface area contributed by atoms with Crippen LogP contribution < -0.4 is 5.32 Å². The standard InChI is InChI=1S/C22H16FIN4O/c23-19-12-16(6-7-20(19)24)22(29)26-13-17-14-28(18-4-2-1-3-5-18)27-21(17)15-8-10-25-11-9-15/h1-12,14H,13H2,(H,26,29). The van der Waals surface area contributed by atoms with Crippen molar-refractivity contribution in [3.8, 4) is 16.9 Å². The number of hydrogen-bond acceptors (Lipinski definition) is 3. The maximum Gasteiger partial charge on any atom is 0.251 e. The quantitative estimate of drug-likeness (QED) is 0.409. The summed E-state index contributed by atoms with van der Waals surface area (Å²) < 4.78 is 16.0. The molecule has 29 heavy (non-hydrogen) atoms. The highest BCUT2D eigenvalue weighted by Crippen LogP contribution is 2.23. The molecule has 0 fully saturated rings. The summed E-state index contributed by atoms with van der Waals surface area (Å²) >= 11 is 1.89. The number of hydrogen-bond donors (Lipinski definition) is 1. The van der Waals surface area contributed by atoms with Crippen molar-refractivity contribution in [2.45, 2.75) is 6.54 Å². The van der Waals surface area contributed by atoms with E-state index in [0.717, 1.165) is 22.5 Å². The number of rotatable bonds is 5. The van der Waals surface area contributed by atoms with E-state index in [1.54, 1.807) is 29.2 Å². The number of aromatic nitrogens is 3. The van der Waals surface area contributed by atoms with Crippen molar-refractivity contribution >= 4 is 28.5 Å². The first-order valence-corrected chi connectivity index (χ1v) is 9.97. The number of para-hydroxylation sites is 1. The average Bonchev–Trinajstić information content (AvgIpc) is 3.19. The van der Waals surface area contributed by atoms with E-state index >= 15 is 0 Å². The summed E-state index contributed by atoms with van der Waals surface area (Å²) in [6.45, 7) is 0.261. The van der Waals surface area contributed by atoms with Gasteiger partial charge in [0.15, 0.2) is 0 Å². The fourth-order valence-corrected chi connectivity index (χ4v) is 3.26. The number of nitrogens with zero attached hydrogens (tertiary/aromatic N) is 3. The monoisotopic (exact) mass is 498 g/mol. The molecule has 0 atom stereocenters. The predicted molar refractivity (Wildman–Crippen MR) is 117 cm³/mol. The van der Waals surface area contributed by atoms with Gasteiger partial charge in [0.2, 0.25) is 0 Å². The molecule has 1 N–H and O–H groups in total. The molecule has 7 heteroatoms. The van der Waals surface area contributed by atoms with Gasteiger partial charge in [0, 0.05) is 45.4 Å². The SMILES string of the molecule is O=C(NCc1cn(-c2ccccc2)nc1-c1ccncc1)c1ccc(I)c(F)c1. The maximum absolute atomic E-state index is 13.8. The molecular formula is C22H16FIN4O. The second kappa shape index (κ2) is 8.52. The third kappa shape index (κ3) is 4.34. The third-order valence-corrected chi connectivity index (χ3v) is 5.26. The van der Waals surface area contributed by atoms with Gasteiger partial charge in [-0.2, -0.15) is 5.10 Å². The van der Waals surface area contributed by atoms with E-state index in [4.69, 9.17) is 5.10 Å². The largest absolute Gasteiger partial charge is 0.348 e. The molecule has 2 aromatic heterocycles. The Labute approximate surface area is 180 Å². The minimum atomic E-state index is -0.410. The van der Waals surface area contributed by atoms with Crippen LogP contribution in [0.5, 0.6) is 0 Å². The Morgan fingerprint density at radius 3 is 2.55 bits per heavy atom. The Bertz CT molecular complexity index is 1150. The Balaban J connectivity index is 1.62. The maximum atomic E-state index is 13.8. The first kappa shape index (κ1) is 19.3. The van der Waals surface area contributed by atoms with Crippen molar-refractivity contribution in [2.24, 2.45) is 0 Å². The van der Waals surface area contributed by atoms with Crippen molar-refractivity contribution in [2.75, 3.05) is 0 Å². The van der Waals surface area contributed by atoms with Crippen molar-refractivity contribution in [1.82, 2.24) is 20.1 Å². The summed E-state index contributed by atoms with van der Waals surface area (Å²) in [5.41, 5.74) is 3.70. The number of halogens is 2. The Kier molecular flexibility index (Phi) is 5.66. The van der Waals surface area contributed by atoms with E-state index in [0.29, 0.717) is 3.57 Å². The molecule has 1 amide bonds. The molecule has 0 spiro atoms. The minimum Gasteiger partial charge on any atom is -0.348 e. The smallest absolute Gasteiger partial charge is 0.251 e. The molecule has 0 bridgehead atoms. The van der Waals surface area contributed by atoms with Gasteiger partial charge in [-0.05, 0) is 65.1 Å². The molecule has 0 unspecified atom stereocenters. The van der Waals surface area contributed by atoms with Gasteiger partial charge in [0.1, 0.15) is 5.82 Å². The van der Waals surface area contributed by atoms with Crippen LogP contribution in [0.1, 0.15) is 15.9 Å². The molecule has 5 nitrogen and oxygen atoms in total. The van der Waals surface area contributed by atoms with Gasteiger partial charge in [-0.1, -0.05) is 18.2 Å². The van der Waals surface area contributed by atoms with Crippen LogP contribution in [0.15, 0.2) is 79.3 Å². The van der Waals surface area contributed by atoms with Crippen LogP contribution in [-0.4, -0.2) is 20.7 Å². The number of nitrogens with one attached hydrogen (secondary N) is 1. The van der Waals surface area contributed by atoms with E-state index < -0.39 is 5.82 Å². The average molecular weight is 498 g/mol. The normalized spacial score (nSPS) is 10.7. The van der Waals surface area contributed by atoms with Crippen LogP contribution in [0.3, 0.4) is 0 Å². The second-order valence-electron chi connectivity index (χ2n) is 6.33. The van der Waals surface area contributed by atoms with Crippen LogP contribution in [0.4, 0.5) is 4.39 Å². The van der Waals surface area contributed by atoms with Crippen LogP contribution in [0, 0.1) is 9.39 Å². The predicted octanol–water partition coefficient (Wildman–Crippen LogP) is 4.61. The summed E-state index contributed by atoms with van der Waals surface area (Å²) in [5.74, 6) is -0.749. The third-order valence-electron chi connectivity index (χ3n) is 4.39. The Morgan fingerprint density at radius 2 is 1.83 bits per heavy atom. The van der Waals surface area contributed by atoms with Crippen LogP contribution in [0.25, 0.3) is 16.9 Å². The zero-order chi connectivity index (χ0) is 20.2. The van der Waals surface area contributed by atoms with Crippen LogP contribution >= 0.6 is 22.6 Å². The lowest BCUT2D eigenvalue weighted by atomic mass is 10.1. The molecular weight excluding hydrogens is 482 g/mol. The number of carbonyl (C=O) groups excluding carboxylic acids is 1. The number of carbonyl (C=O) groups is 1. The van der Waals surface area contributed by atoms with Gasteiger partial charge in [0.05, 0.1) is 11.4 Å². The molecule has 0 aliphatic heterocycles. The molecule has 2 heterocycles. The van der Waals surface area contributed by atoms with E-state index in [-0.39, 0.29) is 18.0 Å². The second-order valence-corrected chi connectivity index (χ2v) is 7.49. The summed E-state index contributed by atoms with van der Waals surface area (Å²) in [5, 5.41) is 7.56. The number of benzene rings is 2. The fourth-order valence-electron chi connectivity index (χ4n) is 2.92. The molecule has 0 saturated heterocycles. The highest BCUT2D eigenvalue weighted by Gasteiger charge is 2.14. The number of amides is 1. The van der Waals surface area contributed by atoms with Crippen LogP contribution in [-0.2, 0) is 6.54 Å². The van der Waals surface area contributed by atoms with Crippen molar-refractivity contribution < 1.29 is 9.18 Å². The van der Waals surface area contributed by atoms with E-state index in [1.165, 1.54) is 6.07 Å². The lowest BCUT2D eigenvalue weighted by Crippen LogP contribution is -2.23. The zero-order valence-corrected chi connectivity index (χ0v) is 17.4. The molecule has 4 aromatic rings. The van der Waals surface area contributed by atoms with Crippen molar-refractivity contribution in [1.29, 1.82) is 0 Å². The highest BCUT2D eigenvalue weighted by molar-refractivity contribution is 14.1. The van der Waals surface area contributed by atoms with E-state index in [2.05, 4.69) is 10.3 Å². The molecule has 0 saturated carbocycles. The van der Waals surface area contributed by atoms with Gasteiger partial charge in [-0.25, -0.2) is 9.07 Å². The van der Waals surface area contributed by atoms with Gasteiger partial charge < -0.3 is 5.32 Å². The molecule has 144 valence electrons. The molecule has 0 radical (unpaired) electrons. The summed E-state index contributed by atoms with van der Waals surface area (Å²) in [7, 11) is 0. The fraction of sp³-hybridized carbons (Fsp3) is 0.0455. The van der Waals surface area contributed by atoms with Gasteiger partial charge >= 0.3 is 0 Å². The molecule has 4 rings (SSSR count). The minimum absolute atomic E-state index is 0.261. The van der Waals surface area contributed by atoms with E-state index in [1.807, 2.05) is 71.3 Å². The summed E-state index contributed by atoms with van der Waals surface area (Å²) in [4.78, 5) is 16.5. The van der Waals surface area contributed by atoms with E-state index in [9.17, 15) is 9.18 Å². The van der Waals surface area contributed by atoms with Crippen molar-refractivity contribution in [3.05, 3.63) is 99.8 Å². The summed E-state index contributed by atoms with van der Waals surface area (Å²) in [6, 6.07) is 17.9. The highest BCUT2D eigenvalue weighted by atomic mass is 127. The van der Waals surface area contributed by atoms with Gasteiger partial charge in [0.25, 0.3) is 5.91 Å². The Morgan fingerprint density at radius 1 is 1.07 bits per heavy atom. The molecule has 0 aliphatic rings. The number of pyridine rings is 1. The van der Waals surface area contributed by atoms with Gasteiger partial charge in [-0.15, -0.1) is 0 Å². The lowest BCUT2D eigenvalue weighted by Gasteiger charge is -2.06. The van der Waals surface area contributed by atoms with Crippen molar-refractivity contribution in [3.63, 3.8) is 0 Å². The topological polar surface area (TPSA) is 59.8 Å². The first-order chi connectivity index (χ1) is 14.1. The molecule has 0 aliphatic carbocycles. The first-order valence-electron chi connectivity index (χ1n) is 8.89. The van der Waals surface area contributed by atoms with Crippen LogP contribution in [0.2, 0.25) is 0 Å². The molecule has 2 aromatic carbocycles. The zero-order valence-electron chi connectivity index (χ0n) is 15.2.